The monoisotopic (exact) mass is 257 g/mol. The zero-order valence-corrected chi connectivity index (χ0v) is 12.5. The van der Waals surface area contributed by atoms with E-state index in [4.69, 9.17) is 11.6 Å². The third-order valence-corrected chi connectivity index (χ3v) is 4.35. The topological polar surface area (TPSA) is 29.9 Å². The van der Waals surface area contributed by atoms with Crippen LogP contribution in [-0.2, 0) is 13.5 Å². The Kier molecular flexibility index (Phi) is 4.62. The van der Waals surface area contributed by atoms with Crippen molar-refractivity contribution >= 4 is 11.6 Å². The summed E-state index contributed by atoms with van der Waals surface area (Å²) in [6.45, 7) is 8.74. The quantitative estimate of drug-likeness (QED) is 0.879. The van der Waals surface area contributed by atoms with Gasteiger partial charge in [-0.15, -0.1) is 0 Å². The molecule has 1 heterocycles. The highest BCUT2D eigenvalue weighted by molar-refractivity contribution is 6.31. The van der Waals surface area contributed by atoms with Crippen molar-refractivity contribution in [1.82, 2.24) is 15.1 Å². The highest BCUT2D eigenvalue weighted by Crippen LogP contribution is 2.29. The maximum Gasteiger partial charge on any atom is 0.0847 e. The molecule has 0 aliphatic heterocycles. The van der Waals surface area contributed by atoms with Gasteiger partial charge >= 0.3 is 0 Å². The van der Waals surface area contributed by atoms with E-state index in [0.717, 1.165) is 29.3 Å². The Balaban J connectivity index is 2.96. The molecule has 0 saturated carbocycles. The van der Waals surface area contributed by atoms with Crippen molar-refractivity contribution in [2.24, 2.45) is 12.5 Å². The van der Waals surface area contributed by atoms with Crippen molar-refractivity contribution in [3.8, 4) is 0 Å². The van der Waals surface area contributed by atoms with E-state index in [1.165, 1.54) is 0 Å². The molecule has 1 rings (SSSR count). The van der Waals surface area contributed by atoms with Gasteiger partial charge in [0, 0.05) is 19.5 Å². The predicted octanol–water partition coefficient (Wildman–Crippen LogP) is 2.95. The number of aryl methyl sites for hydroxylation is 2. The summed E-state index contributed by atoms with van der Waals surface area (Å²) in [5.74, 6) is 0. The van der Waals surface area contributed by atoms with E-state index < -0.39 is 0 Å². The third-order valence-electron chi connectivity index (χ3n) is 3.86. The first-order valence-corrected chi connectivity index (χ1v) is 6.56. The summed E-state index contributed by atoms with van der Waals surface area (Å²) in [5.41, 5.74) is 2.27. The molecular formula is C13H24ClN3. The second kappa shape index (κ2) is 5.40. The summed E-state index contributed by atoms with van der Waals surface area (Å²) < 4.78 is 1.90. The molecule has 1 atom stereocenters. The summed E-state index contributed by atoms with van der Waals surface area (Å²) in [5, 5.41) is 8.57. The van der Waals surface area contributed by atoms with Gasteiger partial charge in [0.25, 0.3) is 0 Å². The van der Waals surface area contributed by atoms with Crippen molar-refractivity contribution in [1.29, 1.82) is 0 Å². The molecule has 0 saturated heterocycles. The van der Waals surface area contributed by atoms with Crippen LogP contribution in [0.25, 0.3) is 0 Å². The molecule has 0 aliphatic rings. The zero-order valence-electron chi connectivity index (χ0n) is 11.8. The Morgan fingerprint density at radius 3 is 2.41 bits per heavy atom. The molecule has 98 valence electrons. The van der Waals surface area contributed by atoms with Crippen LogP contribution in [0.15, 0.2) is 0 Å². The van der Waals surface area contributed by atoms with Gasteiger partial charge in [-0.1, -0.05) is 32.4 Å². The minimum atomic E-state index is 0.246. The second-order valence-electron chi connectivity index (χ2n) is 5.36. The minimum Gasteiger partial charge on any atom is -0.316 e. The summed E-state index contributed by atoms with van der Waals surface area (Å²) in [4.78, 5) is 0. The first kappa shape index (κ1) is 14.5. The van der Waals surface area contributed by atoms with Gasteiger partial charge in [-0.3, -0.25) is 4.68 Å². The van der Waals surface area contributed by atoms with Gasteiger partial charge in [0.15, 0.2) is 0 Å². The molecule has 0 radical (unpaired) electrons. The van der Waals surface area contributed by atoms with E-state index >= 15 is 0 Å². The zero-order chi connectivity index (χ0) is 13.2. The van der Waals surface area contributed by atoms with E-state index in [2.05, 4.69) is 31.2 Å². The Bertz CT molecular complexity index is 382. The van der Waals surface area contributed by atoms with Gasteiger partial charge in [0.1, 0.15) is 0 Å². The molecule has 1 N–H and O–H groups in total. The summed E-state index contributed by atoms with van der Waals surface area (Å²) >= 11 is 6.30. The fraction of sp³-hybridized carbons (Fsp3) is 0.769. The second-order valence-corrected chi connectivity index (χ2v) is 5.74. The van der Waals surface area contributed by atoms with E-state index in [9.17, 15) is 0 Å². The van der Waals surface area contributed by atoms with Crippen LogP contribution in [0.2, 0.25) is 5.02 Å². The molecule has 4 heteroatoms. The minimum absolute atomic E-state index is 0.246. The van der Waals surface area contributed by atoms with Crippen LogP contribution in [0.1, 0.15) is 38.6 Å². The average Bonchev–Trinajstić information content (AvgIpc) is 2.51. The Morgan fingerprint density at radius 2 is 2.06 bits per heavy atom. The maximum absolute atomic E-state index is 6.30. The van der Waals surface area contributed by atoms with Gasteiger partial charge in [-0.05, 0) is 25.8 Å². The fourth-order valence-corrected chi connectivity index (χ4v) is 2.35. The van der Waals surface area contributed by atoms with Crippen molar-refractivity contribution in [2.45, 2.75) is 46.6 Å². The summed E-state index contributed by atoms with van der Waals surface area (Å²) in [6, 6.07) is 0.403. The molecule has 0 amide bonds. The van der Waals surface area contributed by atoms with Crippen molar-refractivity contribution in [3.05, 3.63) is 16.4 Å². The highest BCUT2D eigenvalue weighted by atomic mass is 35.5. The van der Waals surface area contributed by atoms with Crippen LogP contribution in [0.3, 0.4) is 0 Å². The van der Waals surface area contributed by atoms with Crippen molar-refractivity contribution in [3.63, 3.8) is 0 Å². The van der Waals surface area contributed by atoms with E-state index in [1.807, 2.05) is 25.7 Å². The average molecular weight is 258 g/mol. The van der Waals surface area contributed by atoms with Gasteiger partial charge < -0.3 is 5.32 Å². The van der Waals surface area contributed by atoms with E-state index in [-0.39, 0.29) is 5.41 Å². The predicted molar refractivity (Wildman–Crippen MR) is 73.6 cm³/mol. The van der Waals surface area contributed by atoms with E-state index in [1.54, 1.807) is 0 Å². The van der Waals surface area contributed by atoms with Crippen LogP contribution >= 0.6 is 11.6 Å². The molecule has 0 aromatic carbocycles. The number of hydrogen-bond donors (Lipinski definition) is 1. The molecule has 0 spiro atoms. The van der Waals surface area contributed by atoms with Crippen molar-refractivity contribution in [2.75, 3.05) is 7.05 Å². The number of nitrogens with zero attached hydrogens (tertiary/aromatic N) is 2. The van der Waals surface area contributed by atoms with Gasteiger partial charge in [-0.25, -0.2) is 0 Å². The molecule has 3 nitrogen and oxygen atoms in total. The highest BCUT2D eigenvalue weighted by Gasteiger charge is 2.28. The lowest BCUT2D eigenvalue weighted by Crippen LogP contribution is -2.41. The van der Waals surface area contributed by atoms with Crippen LogP contribution in [0, 0.1) is 12.3 Å². The first-order valence-electron chi connectivity index (χ1n) is 6.18. The molecule has 1 aromatic heterocycles. The SMILES string of the molecule is CCC(C)(C)C(Cc1c(Cl)c(C)nn1C)NC. The van der Waals surface area contributed by atoms with E-state index in [0.29, 0.717) is 6.04 Å². The van der Waals surface area contributed by atoms with Crippen LogP contribution in [0.4, 0.5) is 0 Å². The molecular weight excluding hydrogens is 234 g/mol. The molecule has 0 aliphatic carbocycles. The lowest BCUT2D eigenvalue weighted by atomic mass is 9.79. The Hall–Kier alpha value is -0.540. The lowest BCUT2D eigenvalue weighted by Gasteiger charge is -2.33. The Labute approximate surface area is 110 Å². The lowest BCUT2D eigenvalue weighted by molar-refractivity contribution is 0.238. The molecule has 0 fully saturated rings. The number of aromatic nitrogens is 2. The van der Waals surface area contributed by atoms with Gasteiger partial charge in [0.2, 0.25) is 0 Å². The van der Waals surface area contributed by atoms with Gasteiger partial charge in [-0.2, -0.15) is 5.10 Å². The molecule has 1 unspecified atom stereocenters. The van der Waals surface area contributed by atoms with Crippen LogP contribution in [-0.4, -0.2) is 22.9 Å². The summed E-state index contributed by atoms with van der Waals surface area (Å²) in [7, 11) is 3.97. The van der Waals surface area contributed by atoms with Crippen LogP contribution in [0.5, 0.6) is 0 Å². The van der Waals surface area contributed by atoms with Crippen LogP contribution < -0.4 is 5.32 Å². The van der Waals surface area contributed by atoms with Gasteiger partial charge in [0.05, 0.1) is 16.4 Å². The number of halogens is 1. The molecule has 1 aromatic rings. The summed E-state index contributed by atoms with van der Waals surface area (Å²) in [6.07, 6.45) is 2.04. The fourth-order valence-electron chi connectivity index (χ4n) is 2.11. The number of rotatable bonds is 5. The smallest absolute Gasteiger partial charge is 0.0847 e. The number of likely N-dealkylation sites (N-methyl/N-ethyl adjacent to an activating group) is 1. The number of hydrogen-bond acceptors (Lipinski definition) is 2. The largest absolute Gasteiger partial charge is 0.316 e. The number of nitrogens with one attached hydrogen (secondary N) is 1. The molecule has 17 heavy (non-hydrogen) atoms. The van der Waals surface area contributed by atoms with Crippen molar-refractivity contribution < 1.29 is 0 Å². The first-order chi connectivity index (χ1) is 7.83. The third kappa shape index (κ3) is 3.02. The maximum atomic E-state index is 6.30. The molecule has 0 bridgehead atoms. The Morgan fingerprint density at radius 1 is 1.47 bits per heavy atom. The normalized spacial score (nSPS) is 14.1. The standard InChI is InChI=1S/C13H24ClN3/c1-7-13(3,4)11(15-5)8-10-12(14)9(2)16-17(10)6/h11,15H,7-8H2,1-6H3.